The lowest BCUT2D eigenvalue weighted by Crippen LogP contribution is -2.39. The molecule has 0 saturated carbocycles. The van der Waals surface area contributed by atoms with Gasteiger partial charge >= 0.3 is 0 Å². The van der Waals surface area contributed by atoms with Gasteiger partial charge in [0.1, 0.15) is 0 Å². The van der Waals surface area contributed by atoms with E-state index in [0.717, 1.165) is 32.5 Å². The minimum atomic E-state index is 0.414. The van der Waals surface area contributed by atoms with Crippen LogP contribution in [-0.4, -0.2) is 29.0 Å². The van der Waals surface area contributed by atoms with Gasteiger partial charge in [-0.15, -0.1) is 0 Å². The highest BCUT2D eigenvalue weighted by atomic mass is 15.1. The van der Waals surface area contributed by atoms with Crippen molar-refractivity contribution >= 4 is 0 Å². The number of likely N-dealkylation sites (tertiary alicyclic amines) is 1. The zero-order valence-electron chi connectivity index (χ0n) is 9.32. The molecule has 82 valence electrons. The Hall–Kier alpha value is -0.930. The van der Waals surface area contributed by atoms with E-state index in [2.05, 4.69) is 22.9 Å². The second kappa shape index (κ2) is 4.73. The topological polar surface area (TPSA) is 42.2 Å². The minimum absolute atomic E-state index is 0.414. The molecule has 2 rings (SSSR count). The van der Waals surface area contributed by atoms with E-state index in [1.54, 1.807) is 0 Å². The van der Waals surface area contributed by atoms with Crippen molar-refractivity contribution < 1.29 is 0 Å². The van der Waals surface area contributed by atoms with Crippen molar-refractivity contribution in [3.8, 4) is 0 Å². The number of nitrogens with zero attached hydrogens (tertiary/aromatic N) is 2. The molecule has 0 amide bonds. The summed E-state index contributed by atoms with van der Waals surface area (Å²) in [7, 11) is 0. The van der Waals surface area contributed by atoms with Crippen LogP contribution in [0.2, 0.25) is 0 Å². The summed E-state index contributed by atoms with van der Waals surface area (Å²) in [5.41, 5.74) is 8.42. The van der Waals surface area contributed by atoms with Gasteiger partial charge in [-0.25, -0.2) is 0 Å². The molecule has 0 aliphatic carbocycles. The molecule has 1 aromatic rings. The molecule has 0 aromatic carbocycles. The average molecular weight is 205 g/mol. The predicted molar refractivity (Wildman–Crippen MR) is 61.5 cm³/mol. The zero-order chi connectivity index (χ0) is 10.7. The SMILES string of the molecule is Cc1cncc(CN2CCC(N)CC2)c1. The summed E-state index contributed by atoms with van der Waals surface area (Å²) in [6.45, 7) is 5.34. The van der Waals surface area contributed by atoms with E-state index in [4.69, 9.17) is 5.73 Å². The Bertz CT molecular complexity index is 316. The highest BCUT2D eigenvalue weighted by Gasteiger charge is 2.15. The van der Waals surface area contributed by atoms with Crippen LogP contribution >= 0.6 is 0 Å². The van der Waals surface area contributed by atoms with Gasteiger partial charge in [-0.05, 0) is 44.0 Å². The Morgan fingerprint density at radius 3 is 2.80 bits per heavy atom. The van der Waals surface area contributed by atoms with Crippen molar-refractivity contribution in [2.45, 2.75) is 32.4 Å². The van der Waals surface area contributed by atoms with Crippen LogP contribution in [0.3, 0.4) is 0 Å². The molecule has 0 unspecified atom stereocenters. The molecule has 0 radical (unpaired) electrons. The maximum Gasteiger partial charge on any atom is 0.0313 e. The lowest BCUT2D eigenvalue weighted by atomic mass is 10.1. The molecule has 2 heterocycles. The zero-order valence-corrected chi connectivity index (χ0v) is 9.32. The number of hydrogen-bond donors (Lipinski definition) is 1. The number of nitrogens with two attached hydrogens (primary N) is 1. The molecule has 1 aliphatic rings. The number of piperidine rings is 1. The van der Waals surface area contributed by atoms with Crippen molar-refractivity contribution in [3.63, 3.8) is 0 Å². The second-order valence-corrected chi connectivity index (χ2v) is 4.48. The number of pyridine rings is 1. The summed E-state index contributed by atoms with van der Waals surface area (Å²) in [6.07, 6.45) is 6.11. The van der Waals surface area contributed by atoms with Gasteiger partial charge in [0.25, 0.3) is 0 Å². The first-order chi connectivity index (χ1) is 7.24. The molecule has 1 saturated heterocycles. The molecule has 1 fully saturated rings. The van der Waals surface area contributed by atoms with Crippen LogP contribution in [0.15, 0.2) is 18.5 Å². The lowest BCUT2D eigenvalue weighted by molar-refractivity contribution is 0.205. The van der Waals surface area contributed by atoms with E-state index in [-0.39, 0.29) is 0 Å². The Balaban J connectivity index is 1.92. The van der Waals surface area contributed by atoms with Crippen molar-refractivity contribution in [3.05, 3.63) is 29.6 Å². The summed E-state index contributed by atoms with van der Waals surface area (Å²) in [4.78, 5) is 6.67. The van der Waals surface area contributed by atoms with E-state index in [9.17, 15) is 0 Å². The quantitative estimate of drug-likeness (QED) is 0.791. The van der Waals surface area contributed by atoms with Crippen LogP contribution in [0.4, 0.5) is 0 Å². The van der Waals surface area contributed by atoms with Crippen LogP contribution in [-0.2, 0) is 6.54 Å². The number of rotatable bonds is 2. The Labute approximate surface area is 91.3 Å². The Morgan fingerprint density at radius 2 is 2.13 bits per heavy atom. The molecule has 0 atom stereocenters. The third-order valence-electron chi connectivity index (χ3n) is 2.97. The molecule has 15 heavy (non-hydrogen) atoms. The Morgan fingerprint density at radius 1 is 1.40 bits per heavy atom. The molecule has 0 spiro atoms. The fraction of sp³-hybridized carbons (Fsp3) is 0.583. The summed E-state index contributed by atoms with van der Waals surface area (Å²) in [5.74, 6) is 0. The third kappa shape index (κ3) is 3.01. The van der Waals surface area contributed by atoms with Crippen LogP contribution in [0.1, 0.15) is 24.0 Å². The minimum Gasteiger partial charge on any atom is -0.328 e. The molecular weight excluding hydrogens is 186 g/mol. The van der Waals surface area contributed by atoms with E-state index in [1.165, 1.54) is 11.1 Å². The maximum absolute atomic E-state index is 5.88. The van der Waals surface area contributed by atoms with E-state index >= 15 is 0 Å². The van der Waals surface area contributed by atoms with Crippen molar-refractivity contribution in [2.24, 2.45) is 5.73 Å². The summed E-state index contributed by atoms with van der Waals surface area (Å²) in [5, 5.41) is 0. The molecule has 0 bridgehead atoms. The smallest absolute Gasteiger partial charge is 0.0313 e. The maximum atomic E-state index is 5.88. The first-order valence-electron chi connectivity index (χ1n) is 5.62. The summed E-state index contributed by atoms with van der Waals surface area (Å²) in [6, 6.07) is 2.62. The van der Waals surface area contributed by atoms with Gasteiger partial charge in [0.05, 0.1) is 0 Å². The van der Waals surface area contributed by atoms with Crippen LogP contribution < -0.4 is 5.73 Å². The van der Waals surface area contributed by atoms with Crippen LogP contribution in [0.5, 0.6) is 0 Å². The highest BCUT2D eigenvalue weighted by molar-refractivity contribution is 5.16. The second-order valence-electron chi connectivity index (χ2n) is 4.48. The van der Waals surface area contributed by atoms with E-state index in [0.29, 0.717) is 6.04 Å². The van der Waals surface area contributed by atoms with Crippen molar-refractivity contribution in [1.82, 2.24) is 9.88 Å². The molecule has 1 aromatic heterocycles. The van der Waals surface area contributed by atoms with E-state index < -0.39 is 0 Å². The first-order valence-corrected chi connectivity index (χ1v) is 5.62. The number of aromatic nitrogens is 1. The van der Waals surface area contributed by atoms with Crippen molar-refractivity contribution in [2.75, 3.05) is 13.1 Å². The van der Waals surface area contributed by atoms with E-state index in [1.807, 2.05) is 12.4 Å². The highest BCUT2D eigenvalue weighted by Crippen LogP contribution is 2.12. The van der Waals surface area contributed by atoms with Crippen LogP contribution in [0, 0.1) is 6.92 Å². The van der Waals surface area contributed by atoms with Gasteiger partial charge in [0.2, 0.25) is 0 Å². The van der Waals surface area contributed by atoms with Gasteiger partial charge in [0, 0.05) is 25.0 Å². The summed E-state index contributed by atoms with van der Waals surface area (Å²) < 4.78 is 0. The van der Waals surface area contributed by atoms with Gasteiger partial charge in [-0.3, -0.25) is 9.88 Å². The normalized spacial score (nSPS) is 19.3. The standard InChI is InChI=1S/C12H19N3/c1-10-6-11(8-14-7-10)9-15-4-2-12(13)3-5-15/h6-8,12H,2-5,9,13H2,1H3. The predicted octanol–water partition coefficient (Wildman–Crippen LogP) is 1.31. The average Bonchev–Trinajstić information content (AvgIpc) is 2.22. The van der Waals surface area contributed by atoms with Crippen molar-refractivity contribution in [1.29, 1.82) is 0 Å². The monoisotopic (exact) mass is 205 g/mol. The molecular formula is C12H19N3. The van der Waals surface area contributed by atoms with Gasteiger partial charge < -0.3 is 5.73 Å². The largest absolute Gasteiger partial charge is 0.328 e. The van der Waals surface area contributed by atoms with Gasteiger partial charge in [0.15, 0.2) is 0 Å². The molecule has 2 N–H and O–H groups in total. The first kappa shape index (κ1) is 10.6. The molecule has 1 aliphatic heterocycles. The number of hydrogen-bond acceptors (Lipinski definition) is 3. The number of aryl methyl sites for hydroxylation is 1. The summed E-state index contributed by atoms with van der Waals surface area (Å²) >= 11 is 0. The van der Waals surface area contributed by atoms with Crippen LogP contribution in [0.25, 0.3) is 0 Å². The fourth-order valence-electron chi connectivity index (χ4n) is 2.07. The fourth-order valence-corrected chi connectivity index (χ4v) is 2.07. The third-order valence-corrected chi connectivity index (χ3v) is 2.97. The Kier molecular flexibility index (Phi) is 3.34. The van der Waals surface area contributed by atoms with Gasteiger partial charge in [-0.2, -0.15) is 0 Å². The molecule has 3 nitrogen and oxygen atoms in total. The lowest BCUT2D eigenvalue weighted by Gasteiger charge is -2.29. The molecule has 3 heteroatoms. The van der Waals surface area contributed by atoms with Gasteiger partial charge in [-0.1, -0.05) is 6.07 Å².